The number of rotatable bonds is 2. The van der Waals surface area contributed by atoms with Crippen LogP contribution in [-0.4, -0.2) is 12.5 Å². The summed E-state index contributed by atoms with van der Waals surface area (Å²) in [6.45, 7) is 6.68. The maximum absolute atomic E-state index is 12.6. The van der Waals surface area contributed by atoms with Gasteiger partial charge in [0.25, 0.3) is 0 Å². The Morgan fingerprint density at radius 3 is 2.64 bits per heavy atom. The molecule has 4 rings (SSSR count). The summed E-state index contributed by atoms with van der Waals surface area (Å²) >= 11 is 0. The minimum atomic E-state index is -0.476. The molecule has 2 aliphatic heterocycles. The summed E-state index contributed by atoms with van der Waals surface area (Å²) in [7, 11) is 0. The molecule has 0 radical (unpaired) electrons. The van der Waals surface area contributed by atoms with E-state index in [-0.39, 0.29) is 12.1 Å². The normalized spacial score (nSPS) is 21.3. The number of carbonyl (C=O) groups is 1. The molecule has 0 saturated heterocycles. The molecule has 1 amide bonds. The Hall–Kier alpha value is -2.43. The second-order valence-corrected chi connectivity index (χ2v) is 6.37. The molecule has 0 aliphatic carbocycles. The lowest BCUT2D eigenvalue weighted by Crippen LogP contribution is -2.35. The van der Waals surface area contributed by atoms with Gasteiger partial charge in [0.2, 0.25) is 5.91 Å². The van der Waals surface area contributed by atoms with E-state index < -0.39 is 5.41 Å². The zero-order valence-electron chi connectivity index (χ0n) is 12.9. The fraction of sp³-hybridized carbons (Fsp3) is 0.353. The molecule has 114 valence electrons. The van der Waals surface area contributed by atoms with E-state index in [1.807, 2.05) is 31.7 Å². The Morgan fingerprint density at radius 1 is 1.27 bits per heavy atom. The van der Waals surface area contributed by atoms with Crippen molar-refractivity contribution in [3.05, 3.63) is 41.9 Å². The van der Waals surface area contributed by atoms with E-state index in [4.69, 9.17) is 4.42 Å². The average Bonchev–Trinajstić information content (AvgIpc) is 3.18. The molecule has 1 aromatic heterocycles. The number of amides is 1. The summed E-state index contributed by atoms with van der Waals surface area (Å²) in [5.74, 6) is 0.167. The largest absolute Gasteiger partial charge is 0.472 e. The molecule has 1 unspecified atom stereocenters. The van der Waals surface area contributed by atoms with Gasteiger partial charge in [0.1, 0.15) is 6.17 Å². The average molecular weight is 297 g/mol. The Labute approximate surface area is 129 Å². The first kappa shape index (κ1) is 13.2. The molecule has 0 fully saturated rings. The molecule has 3 heterocycles. The molecular weight excluding hydrogens is 278 g/mol. The van der Waals surface area contributed by atoms with Crippen LogP contribution in [0, 0.1) is 0 Å². The van der Waals surface area contributed by atoms with Gasteiger partial charge >= 0.3 is 0 Å². The number of fused-ring (bicyclic) bond motifs is 2. The van der Waals surface area contributed by atoms with Crippen molar-refractivity contribution in [3.8, 4) is 0 Å². The first-order valence-electron chi connectivity index (χ1n) is 7.58. The van der Waals surface area contributed by atoms with Gasteiger partial charge in [0.05, 0.1) is 35.0 Å². The number of likely N-dealkylation sites (N-methyl/N-ethyl adjacent to an activating group) is 1. The fourth-order valence-electron chi connectivity index (χ4n) is 3.38. The van der Waals surface area contributed by atoms with Gasteiger partial charge in [-0.25, -0.2) is 0 Å². The number of hydrogen-bond donors (Lipinski definition) is 2. The molecule has 22 heavy (non-hydrogen) atoms. The van der Waals surface area contributed by atoms with Gasteiger partial charge in [0.15, 0.2) is 0 Å². The molecule has 2 aromatic rings. The van der Waals surface area contributed by atoms with Crippen molar-refractivity contribution in [1.82, 2.24) is 0 Å². The van der Waals surface area contributed by atoms with Crippen LogP contribution in [0.5, 0.6) is 0 Å². The van der Waals surface area contributed by atoms with E-state index >= 15 is 0 Å². The van der Waals surface area contributed by atoms with E-state index in [2.05, 4.69) is 22.8 Å². The smallest absolute Gasteiger partial charge is 0.237 e. The molecule has 1 aromatic carbocycles. The van der Waals surface area contributed by atoms with E-state index in [9.17, 15) is 4.79 Å². The summed E-state index contributed by atoms with van der Waals surface area (Å²) in [5.41, 5.74) is 4.73. The molecule has 5 nitrogen and oxygen atoms in total. The van der Waals surface area contributed by atoms with Crippen LogP contribution in [0.3, 0.4) is 0 Å². The Bertz CT molecular complexity index is 750. The van der Waals surface area contributed by atoms with Crippen molar-refractivity contribution in [2.24, 2.45) is 0 Å². The fourth-order valence-corrected chi connectivity index (χ4v) is 3.38. The SMILES string of the molecule is CCN1C(=O)C(C)(C)c2cc3c(cc21)NC(c1ccoc1)N3. The first-order chi connectivity index (χ1) is 10.5. The number of anilines is 3. The number of nitrogens with zero attached hydrogens (tertiary/aromatic N) is 1. The topological polar surface area (TPSA) is 57.5 Å². The van der Waals surface area contributed by atoms with Gasteiger partial charge in [-0.2, -0.15) is 0 Å². The maximum atomic E-state index is 12.6. The molecule has 2 N–H and O–H groups in total. The second kappa shape index (κ2) is 4.29. The standard InChI is InChI=1S/C17H19N3O2/c1-4-20-14-8-13-12(7-11(14)17(2,3)16(20)21)18-15(19-13)10-5-6-22-9-10/h5-9,15,18-19H,4H2,1-3H3. The third kappa shape index (κ3) is 1.62. The Balaban J connectivity index is 1.77. The third-order valence-corrected chi connectivity index (χ3v) is 4.67. The zero-order chi connectivity index (χ0) is 15.5. The van der Waals surface area contributed by atoms with Crippen LogP contribution in [0.1, 0.15) is 38.1 Å². The Kier molecular flexibility index (Phi) is 2.58. The predicted octanol–water partition coefficient (Wildman–Crippen LogP) is 3.46. The summed E-state index contributed by atoms with van der Waals surface area (Å²) in [4.78, 5) is 14.4. The lowest BCUT2D eigenvalue weighted by Gasteiger charge is -2.18. The molecule has 0 spiro atoms. The monoisotopic (exact) mass is 297 g/mol. The van der Waals surface area contributed by atoms with Crippen molar-refractivity contribution in [2.75, 3.05) is 22.1 Å². The summed E-state index contributed by atoms with van der Waals surface area (Å²) < 4.78 is 5.15. The van der Waals surface area contributed by atoms with Gasteiger partial charge in [0, 0.05) is 12.1 Å². The van der Waals surface area contributed by atoms with E-state index in [0.29, 0.717) is 6.54 Å². The van der Waals surface area contributed by atoms with Crippen LogP contribution in [0.25, 0.3) is 0 Å². The van der Waals surface area contributed by atoms with Crippen LogP contribution in [-0.2, 0) is 10.2 Å². The highest BCUT2D eigenvalue weighted by Crippen LogP contribution is 2.48. The van der Waals surface area contributed by atoms with Crippen molar-refractivity contribution < 1.29 is 9.21 Å². The third-order valence-electron chi connectivity index (χ3n) is 4.67. The maximum Gasteiger partial charge on any atom is 0.237 e. The van der Waals surface area contributed by atoms with Gasteiger partial charge in [-0.1, -0.05) is 0 Å². The van der Waals surface area contributed by atoms with E-state index in [0.717, 1.165) is 28.2 Å². The number of hydrogen-bond acceptors (Lipinski definition) is 4. The predicted molar refractivity (Wildman–Crippen MR) is 86.2 cm³/mol. The lowest BCUT2D eigenvalue weighted by molar-refractivity contribution is -0.122. The highest BCUT2D eigenvalue weighted by Gasteiger charge is 2.44. The number of furan rings is 1. The van der Waals surface area contributed by atoms with Crippen LogP contribution >= 0.6 is 0 Å². The van der Waals surface area contributed by atoms with Crippen LogP contribution in [0.15, 0.2) is 35.1 Å². The molecule has 5 heteroatoms. The molecule has 0 saturated carbocycles. The van der Waals surface area contributed by atoms with Crippen LogP contribution in [0.2, 0.25) is 0 Å². The quantitative estimate of drug-likeness (QED) is 0.891. The number of benzene rings is 1. The number of nitrogens with one attached hydrogen (secondary N) is 2. The molecular formula is C17H19N3O2. The van der Waals surface area contributed by atoms with Crippen LogP contribution in [0.4, 0.5) is 17.1 Å². The van der Waals surface area contributed by atoms with Gasteiger partial charge < -0.3 is 20.0 Å². The minimum absolute atomic E-state index is 0.00478. The van der Waals surface area contributed by atoms with E-state index in [1.54, 1.807) is 12.5 Å². The van der Waals surface area contributed by atoms with E-state index in [1.165, 1.54) is 0 Å². The molecule has 0 bridgehead atoms. The minimum Gasteiger partial charge on any atom is -0.472 e. The highest BCUT2D eigenvalue weighted by molar-refractivity contribution is 6.09. The molecule has 1 atom stereocenters. The van der Waals surface area contributed by atoms with Crippen molar-refractivity contribution in [3.63, 3.8) is 0 Å². The summed E-state index contributed by atoms with van der Waals surface area (Å²) in [6.07, 6.45) is 3.41. The van der Waals surface area contributed by atoms with Crippen molar-refractivity contribution in [1.29, 1.82) is 0 Å². The zero-order valence-corrected chi connectivity index (χ0v) is 12.9. The van der Waals surface area contributed by atoms with Crippen molar-refractivity contribution in [2.45, 2.75) is 32.4 Å². The second-order valence-electron chi connectivity index (χ2n) is 6.37. The Morgan fingerprint density at radius 2 is 2.00 bits per heavy atom. The number of carbonyl (C=O) groups excluding carboxylic acids is 1. The van der Waals surface area contributed by atoms with Crippen molar-refractivity contribution >= 4 is 23.0 Å². The first-order valence-corrected chi connectivity index (χ1v) is 7.58. The summed E-state index contributed by atoms with van der Waals surface area (Å²) in [6, 6.07) is 6.12. The highest BCUT2D eigenvalue weighted by atomic mass is 16.3. The van der Waals surface area contributed by atoms with Gasteiger partial charge in [-0.3, -0.25) is 4.79 Å². The van der Waals surface area contributed by atoms with Crippen LogP contribution < -0.4 is 15.5 Å². The lowest BCUT2D eigenvalue weighted by atomic mass is 9.86. The van der Waals surface area contributed by atoms with Gasteiger partial charge in [-0.05, 0) is 44.5 Å². The molecule has 2 aliphatic rings. The van der Waals surface area contributed by atoms with Gasteiger partial charge in [-0.15, -0.1) is 0 Å². The summed E-state index contributed by atoms with van der Waals surface area (Å²) in [5, 5.41) is 6.90.